The second kappa shape index (κ2) is 7.63. The van der Waals surface area contributed by atoms with Crippen molar-refractivity contribution in [1.29, 1.82) is 0 Å². The van der Waals surface area contributed by atoms with Gasteiger partial charge in [-0.3, -0.25) is 0 Å². The van der Waals surface area contributed by atoms with E-state index in [0.717, 1.165) is 23.3 Å². The Bertz CT molecular complexity index is 930. The van der Waals surface area contributed by atoms with E-state index in [9.17, 15) is 17.6 Å². The molecule has 0 saturated carbocycles. The molecule has 5 N–H and O–H groups in total. The van der Waals surface area contributed by atoms with Crippen molar-refractivity contribution in [1.82, 2.24) is 9.97 Å². The first-order chi connectivity index (χ1) is 11.3. The summed E-state index contributed by atoms with van der Waals surface area (Å²) in [5.74, 6) is -0.542. The van der Waals surface area contributed by atoms with Gasteiger partial charge in [0, 0.05) is 5.39 Å². The summed E-state index contributed by atoms with van der Waals surface area (Å²) in [6.07, 6.45) is -3.27. The van der Waals surface area contributed by atoms with Gasteiger partial charge in [0.15, 0.2) is 0 Å². The van der Waals surface area contributed by atoms with Crippen LogP contribution in [0.25, 0.3) is 10.9 Å². The zero-order valence-electron chi connectivity index (χ0n) is 13.9. The van der Waals surface area contributed by atoms with Gasteiger partial charge in [-0.05, 0) is 55.3 Å². The van der Waals surface area contributed by atoms with Crippen molar-refractivity contribution in [2.75, 3.05) is 5.32 Å². The first kappa shape index (κ1) is 21.3. The van der Waals surface area contributed by atoms with Gasteiger partial charge in [0.05, 0.1) is 16.8 Å². The van der Waals surface area contributed by atoms with Crippen molar-refractivity contribution < 1.29 is 28.5 Å². The number of nitrogens with zero attached hydrogens (tertiary/aromatic N) is 2. The van der Waals surface area contributed by atoms with Gasteiger partial charge in [0.1, 0.15) is 18.0 Å². The molecule has 3 rings (SSSR count). The minimum Gasteiger partial charge on any atom is -0.412 e. The number of alkyl halides is 3. The molecule has 140 valence electrons. The Morgan fingerprint density at radius 3 is 2.23 bits per heavy atom. The smallest absolute Gasteiger partial charge is 0.412 e. The van der Waals surface area contributed by atoms with Crippen molar-refractivity contribution in [3.05, 3.63) is 59.2 Å². The summed E-state index contributed by atoms with van der Waals surface area (Å²) in [6, 6.07) is 5.87. The van der Waals surface area contributed by atoms with Crippen LogP contribution in [0.5, 0.6) is 0 Å². The molecule has 5 nitrogen and oxygen atoms in total. The summed E-state index contributed by atoms with van der Waals surface area (Å²) < 4.78 is 52.4. The normalized spacial score (nSPS) is 10.8. The summed E-state index contributed by atoms with van der Waals surface area (Å²) in [7, 11) is 0. The zero-order valence-corrected chi connectivity index (χ0v) is 13.9. The lowest BCUT2D eigenvalue weighted by Crippen LogP contribution is -2.07. The third-order valence-electron chi connectivity index (χ3n) is 3.80. The van der Waals surface area contributed by atoms with E-state index in [2.05, 4.69) is 15.3 Å². The van der Waals surface area contributed by atoms with E-state index < -0.39 is 17.6 Å². The van der Waals surface area contributed by atoms with Crippen LogP contribution in [-0.2, 0) is 6.18 Å². The second-order valence-corrected chi connectivity index (χ2v) is 5.49. The SMILES string of the molecule is Cc1cc2ncnc(Nc3cc(C(F)(F)F)ccc3F)c2cc1C.O.O. The van der Waals surface area contributed by atoms with Gasteiger partial charge in [0.2, 0.25) is 0 Å². The fraction of sp³-hybridized carbons (Fsp3) is 0.176. The molecule has 2 aromatic carbocycles. The highest BCUT2D eigenvalue weighted by atomic mass is 19.4. The molecule has 1 aromatic heterocycles. The van der Waals surface area contributed by atoms with E-state index in [-0.39, 0.29) is 22.5 Å². The zero-order chi connectivity index (χ0) is 17.5. The van der Waals surface area contributed by atoms with E-state index in [1.165, 1.54) is 6.33 Å². The van der Waals surface area contributed by atoms with E-state index in [1.54, 1.807) is 0 Å². The van der Waals surface area contributed by atoms with E-state index in [0.29, 0.717) is 17.0 Å². The predicted octanol–water partition coefficient (Wildman–Crippen LogP) is 3.50. The predicted molar refractivity (Wildman–Crippen MR) is 90.9 cm³/mol. The van der Waals surface area contributed by atoms with Gasteiger partial charge in [0.25, 0.3) is 0 Å². The fourth-order valence-corrected chi connectivity index (χ4v) is 2.34. The fourth-order valence-electron chi connectivity index (χ4n) is 2.34. The van der Waals surface area contributed by atoms with Crippen LogP contribution < -0.4 is 5.32 Å². The molecule has 3 aromatic rings. The molecule has 9 heteroatoms. The Kier molecular flexibility index (Phi) is 6.24. The molecule has 0 saturated heterocycles. The number of aromatic nitrogens is 2. The number of aryl methyl sites for hydroxylation is 2. The van der Waals surface area contributed by atoms with Gasteiger partial charge in [-0.1, -0.05) is 0 Å². The number of nitrogens with one attached hydrogen (secondary N) is 1. The average Bonchev–Trinajstić information content (AvgIpc) is 2.50. The summed E-state index contributed by atoms with van der Waals surface area (Å²) in [4.78, 5) is 8.18. The lowest BCUT2D eigenvalue weighted by molar-refractivity contribution is -0.137. The van der Waals surface area contributed by atoms with Gasteiger partial charge in [-0.15, -0.1) is 0 Å². The molecule has 0 bridgehead atoms. The average molecular weight is 371 g/mol. The Morgan fingerprint density at radius 1 is 0.923 bits per heavy atom. The molecule has 0 radical (unpaired) electrons. The van der Waals surface area contributed by atoms with Crippen molar-refractivity contribution in [2.45, 2.75) is 20.0 Å². The highest BCUT2D eigenvalue weighted by Gasteiger charge is 2.31. The summed E-state index contributed by atoms with van der Waals surface area (Å²) in [6.45, 7) is 3.83. The lowest BCUT2D eigenvalue weighted by atomic mass is 10.1. The molecular formula is C17H17F4N3O2. The molecule has 0 aliphatic carbocycles. The first-order valence-corrected chi connectivity index (χ1v) is 7.11. The summed E-state index contributed by atoms with van der Waals surface area (Å²) >= 11 is 0. The van der Waals surface area contributed by atoms with Crippen LogP contribution in [0.4, 0.5) is 29.1 Å². The molecule has 0 aliphatic heterocycles. The molecular weight excluding hydrogens is 354 g/mol. The first-order valence-electron chi connectivity index (χ1n) is 7.11. The number of hydrogen-bond donors (Lipinski definition) is 1. The van der Waals surface area contributed by atoms with Crippen LogP contribution in [0.1, 0.15) is 16.7 Å². The highest BCUT2D eigenvalue weighted by Crippen LogP contribution is 2.33. The van der Waals surface area contributed by atoms with Gasteiger partial charge >= 0.3 is 6.18 Å². The molecule has 0 atom stereocenters. The Balaban J connectivity index is 0.00000169. The highest BCUT2D eigenvalue weighted by molar-refractivity contribution is 5.91. The van der Waals surface area contributed by atoms with Gasteiger partial charge in [-0.2, -0.15) is 13.2 Å². The van der Waals surface area contributed by atoms with Crippen LogP contribution in [0.15, 0.2) is 36.7 Å². The monoisotopic (exact) mass is 371 g/mol. The summed E-state index contributed by atoms with van der Waals surface area (Å²) in [5, 5.41) is 3.26. The van der Waals surface area contributed by atoms with Crippen molar-refractivity contribution in [3.8, 4) is 0 Å². The van der Waals surface area contributed by atoms with E-state index >= 15 is 0 Å². The minimum absolute atomic E-state index is 0. The third-order valence-corrected chi connectivity index (χ3v) is 3.80. The Labute approximate surface area is 146 Å². The van der Waals surface area contributed by atoms with Crippen LogP contribution in [-0.4, -0.2) is 20.9 Å². The Hall–Kier alpha value is -2.78. The number of anilines is 2. The topological polar surface area (TPSA) is 101 Å². The maximum absolute atomic E-state index is 13.9. The number of halogens is 4. The number of rotatable bonds is 2. The number of fused-ring (bicyclic) bond motifs is 1. The van der Waals surface area contributed by atoms with Crippen molar-refractivity contribution in [2.24, 2.45) is 0 Å². The summed E-state index contributed by atoms with van der Waals surface area (Å²) in [5.41, 5.74) is 1.41. The maximum Gasteiger partial charge on any atom is 0.416 e. The van der Waals surface area contributed by atoms with Crippen LogP contribution in [0, 0.1) is 19.7 Å². The second-order valence-electron chi connectivity index (χ2n) is 5.49. The van der Waals surface area contributed by atoms with Gasteiger partial charge in [-0.25, -0.2) is 14.4 Å². The van der Waals surface area contributed by atoms with E-state index in [1.807, 2.05) is 26.0 Å². The number of hydrogen-bond acceptors (Lipinski definition) is 3. The molecule has 0 aliphatic rings. The van der Waals surface area contributed by atoms with Crippen LogP contribution >= 0.6 is 0 Å². The van der Waals surface area contributed by atoms with E-state index in [4.69, 9.17) is 0 Å². The van der Waals surface area contributed by atoms with Gasteiger partial charge < -0.3 is 16.3 Å². The lowest BCUT2D eigenvalue weighted by Gasteiger charge is -2.13. The molecule has 26 heavy (non-hydrogen) atoms. The molecule has 0 unspecified atom stereocenters. The molecule has 0 spiro atoms. The third kappa shape index (κ3) is 4.06. The van der Waals surface area contributed by atoms with Crippen LogP contribution in [0.2, 0.25) is 0 Å². The standard InChI is InChI=1S/C17H13F4N3.2H2O/c1-9-5-12-14(6-10(9)2)22-8-23-16(12)24-15-7-11(17(19,20)21)3-4-13(15)18;;/h3-8H,1-2H3,(H,22,23,24);2*1H2. The quantitative estimate of drug-likeness (QED) is 0.698. The number of benzene rings is 2. The molecule has 1 heterocycles. The van der Waals surface area contributed by atoms with Crippen molar-refractivity contribution >= 4 is 22.4 Å². The molecule has 0 fully saturated rings. The van der Waals surface area contributed by atoms with Crippen molar-refractivity contribution in [3.63, 3.8) is 0 Å². The Morgan fingerprint density at radius 2 is 1.58 bits per heavy atom. The maximum atomic E-state index is 13.9. The largest absolute Gasteiger partial charge is 0.416 e. The molecule has 0 amide bonds. The van der Waals surface area contributed by atoms with Crippen LogP contribution in [0.3, 0.4) is 0 Å². The minimum atomic E-state index is -4.55.